The van der Waals surface area contributed by atoms with E-state index in [9.17, 15) is 14.0 Å². The molecule has 2 amide bonds. The Bertz CT molecular complexity index is 1410. The van der Waals surface area contributed by atoms with Gasteiger partial charge in [0.1, 0.15) is 11.9 Å². The van der Waals surface area contributed by atoms with Crippen LogP contribution in [-0.4, -0.2) is 44.8 Å². The van der Waals surface area contributed by atoms with Crippen LogP contribution in [0.1, 0.15) is 13.3 Å². The molecule has 3 aromatic heterocycles. The first-order chi connectivity index (χ1) is 15.3. The largest absolute Gasteiger partial charge is 0.311 e. The maximum atomic E-state index is 15.3. The minimum atomic E-state index is -1.10. The SMILES string of the molecule is CC(=O)N(C)c1c(F)c(Cl)c(-c2ccn3nc(NC(=O)C4CC4F)cc3c2)c2cn[nH]c12. The number of carbonyl (C=O) groups is 2. The van der Waals surface area contributed by atoms with E-state index in [1.807, 2.05) is 0 Å². The van der Waals surface area contributed by atoms with Gasteiger partial charge in [0.2, 0.25) is 11.8 Å². The topological polar surface area (TPSA) is 95.4 Å². The molecular weight excluding hydrogens is 442 g/mol. The van der Waals surface area contributed by atoms with Gasteiger partial charge < -0.3 is 10.2 Å². The lowest BCUT2D eigenvalue weighted by molar-refractivity contribution is -0.118. The highest BCUT2D eigenvalue weighted by Gasteiger charge is 2.43. The van der Waals surface area contributed by atoms with Crippen LogP contribution in [0.25, 0.3) is 27.5 Å². The highest BCUT2D eigenvalue weighted by molar-refractivity contribution is 6.36. The number of carbonyl (C=O) groups excluding carboxylic acids is 2. The Morgan fingerprint density at radius 3 is 2.81 bits per heavy atom. The summed E-state index contributed by atoms with van der Waals surface area (Å²) in [5, 5.41) is 14.0. The zero-order valence-corrected chi connectivity index (χ0v) is 17.7. The van der Waals surface area contributed by atoms with Crippen molar-refractivity contribution in [2.45, 2.75) is 19.5 Å². The molecule has 0 aliphatic heterocycles. The van der Waals surface area contributed by atoms with Gasteiger partial charge in [0.25, 0.3) is 0 Å². The molecule has 0 saturated heterocycles. The molecule has 0 radical (unpaired) electrons. The molecule has 1 fully saturated rings. The normalized spacial score (nSPS) is 17.7. The molecule has 2 N–H and O–H groups in total. The van der Waals surface area contributed by atoms with Gasteiger partial charge in [-0.25, -0.2) is 13.3 Å². The maximum absolute atomic E-state index is 15.3. The lowest BCUT2D eigenvalue weighted by Gasteiger charge is -2.19. The predicted molar refractivity (Wildman–Crippen MR) is 116 cm³/mol. The van der Waals surface area contributed by atoms with Crippen molar-refractivity contribution in [1.82, 2.24) is 19.8 Å². The molecule has 164 valence electrons. The predicted octanol–water partition coefficient (Wildman–Crippen LogP) is 3.95. The van der Waals surface area contributed by atoms with E-state index in [1.54, 1.807) is 24.4 Å². The van der Waals surface area contributed by atoms with Crippen LogP contribution in [0.2, 0.25) is 5.02 Å². The van der Waals surface area contributed by atoms with Crippen molar-refractivity contribution >= 4 is 51.3 Å². The van der Waals surface area contributed by atoms with Crippen LogP contribution in [0.4, 0.5) is 20.3 Å². The van der Waals surface area contributed by atoms with Crippen LogP contribution in [0.3, 0.4) is 0 Å². The Balaban J connectivity index is 1.59. The van der Waals surface area contributed by atoms with Gasteiger partial charge in [-0.3, -0.25) is 14.7 Å². The summed E-state index contributed by atoms with van der Waals surface area (Å²) in [5.74, 6) is -1.85. The fourth-order valence-corrected chi connectivity index (χ4v) is 4.02. The first-order valence-corrected chi connectivity index (χ1v) is 10.2. The fraction of sp³-hybridized carbons (Fsp3) is 0.238. The van der Waals surface area contributed by atoms with Crippen molar-refractivity contribution in [2.75, 3.05) is 17.3 Å². The number of pyridine rings is 1. The Morgan fingerprint density at radius 2 is 2.12 bits per heavy atom. The Labute approximate surface area is 185 Å². The molecule has 0 bridgehead atoms. The van der Waals surface area contributed by atoms with Crippen LogP contribution < -0.4 is 10.2 Å². The smallest absolute Gasteiger partial charge is 0.231 e. The van der Waals surface area contributed by atoms with E-state index in [0.29, 0.717) is 27.5 Å². The Kier molecular flexibility index (Phi) is 4.63. The monoisotopic (exact) mass is 458 g/mol. The van der Waals surface area contributed by atoms with E-state index in [4.69, 9.17) is 11.6 Å². The van der Waals surface area contributed by atoms with Crippen molar-refractivity contribution in [2.24, 2.45) is 5.92 Å². The van der Waals surface area contributed by atoms with E-state index in [1.165, 1.54) is 29.6 Å². The number of aromatic nitrogens is 4. The highest BCUT2D eigenvalue weighted by Crippen LogP contribution is 2.42. The van der Waals surface area contributed by atoms with E-state index in [2.05, 4.69) is 20.6 Å². The highest BCUT2D eigenvalue weighted by atomic mass is 35.5. The average molecular weight is 459 g/mol. The number of nitrogens with one attached hydrogen (secondary N) is 2. The molecule has 3 heterocycles. The summed E-state index contributed by atoms with van der Waals surface area (Å²) in [6.45, 7) is 1.32. The van der Waals surface area contributed by atoms with E-state index >= 15 is 4.39 Å². The minimum absolute atomic E-state index is 0.0143. The van der Waals surface area contributed by atoms with Crippen LogP contribution in [-0.2, 0) is 9.59 Å². The third-order valence-electron chi connectivity index (χ3n) is 5.63. The molecule has 32 heavy (non-hydrogen) atoms. The molecule has 1 aliphatic rings. The van der Waals surface area contributed by atoms with Crippen molar-refractivity contribution in [3.63, 3.8) is 0 Å². The summed E-state index contributed by atoms with van der Waals surface area (Å²) in [6.07, 6.45) is 2.29. The summed E-state index contributed by atoms with van der Waals surface area (Å²) in [4.78, 5) is 25.0. The van der Waals surface area contributed by atoms with Gasteiger partial charge in [0, 0.05) is 37.2 Å². The van der Waals surface area contributed by atoms with Gasteiger partial charge in [-0.15, -0.1) is 0 Å². The van der Waals surface area contributed by atoms with Gasteiger partial charge in [-0.1, -0.05) is 11.6 Å². The standard InChI is InChI=1S/C21H17ClF2N6O2/c1-9(31)29(2)20-18(24)17(22)16(13-8-25-27-19(13)20)10-3-4-30-11(5-10)6-15(28-30)26-21(32)12-7-14(12)23/h3-6,8,12,14H,7H2,1-2H3,(H,25,27)(H,26,28,32). The summed E-state index contributed by atoms with van der Waals surface area (Å²) >= 11 is 6.43. The minimum Gasteiger partial charge on any atom is -0.311 e. The van der Waals surface area contributed by atoms with Gasteiger partial charge >= 0.3 is 0 Å². The lowest BCUT2D eigenvalue weighted by atomic mass is 10.0. The number of alkyl halides is 1. The molecule has 8 nitrogen and oxygen atoms in total. The number of benzene rings is 1. The zero-order valence-electron chi connectivity index (χ0n) is 17.0. The molecule has 2 unspecified atom stereocenters. The fourth-order valence-electron chi connectivity index (χ4n) is 3.72. The van der Waals surface area contributed by atoms with Crippen molar-refractivity contribution < 1.29 is 18.4 Å². The molecule has 5 rings (SSSR count). The molecule has 1 aromatic carbocycles. The summed E-state index contributed by atoms with van der Waals surface area (Å²) < 4.78 is 29.9. The molecule has 4 aromatic rings. The van der Waals surface area contributed by atoms with Crippen LogP contribution >= 0.6 is 11.6 Å². The first kappa shape index (κ1) is 20.4. The van der Waals surface area contributed by atoms with Gasteiger partial charge in [0.15, 0.2) is 11.6 Å². The number of amides is 2. The third kappa shape index (κ3) is 3.18. The van der Waals surface area contributed by atoms with E-state index in [0.717, 1.165) is 0 Å². The molecular formula is C21H17ClF2N6O2. The number of nitrogens with zero attached hydrogens (tertiary/aromatic N) is 4. The van der Waals surface area contributed by atoms with Crippen molar-refractivity contribution in [3.8, 4) is 11.1 Å². The van der Waals surface area contributed by atoms with Crippen LogP contribution in [0, 0.1) is 11.7 Å². The molecule has 0 spiro atoms. The number of rotatable bonds is 4. The summed E-state index contributed by atoms with van der Waals surface area (Å²) in [5.41, 5.74) is 1.96. The second-order valence-electron chi connectivity index (χ2n) is 7.75. The Morgan fingerprint density at radius 1 is 1.38 bits per heavy atom. The third-order valence-corrected chi connectivity index (χ3v) is 5.98. The van der Waals surface area contributed by atoms with Crippen molar-refractivity contribution in [3.05, 3.63) is 41.4 Å². The Hall–Kier alpha value is -3.53. The molecule has 1 saturated carbocycles. The second-order valence-corrected chi connectivity index (χ2v) is 8.13. The van der Waals surface area contributed by atoms with Gasteiger partial charge in [-0.05, 0) is 24.1 Å². The average Bonchev–Trinajstić information content (AvgIpc) is 3.11. The lowest BCUT2D eigenvalue weighted by Crippen LogP contribution is -2.24. The molecule has 2 atom stereocenters. The van der Waals surface area contributed by atoms with Crippen LogP contribution in [0.5, 0.6) is 0 Å². The van der Waals surface area contributed by atoms with E-state index < -0.39 is 23.8 Å². The number of hydrogen-bond donors (Lipinski definition) is 2. The first-order valence-electron chi connectivity index (χ1n) is 9.79. The van der Waals surface area contributed by atoms with Gasteiger partial charge in [-0.2, -0.15) is 10.2 Å². The molecule has 11 heteroatoms. The van der Waals surface area contributed by atoms with Crippen LogP contribution in [0.15, 0.2) is 30.6 Å². The van der Waals surface area contributed by atoms with Crippen molar-refractivity contribution in [1.29, 1.82) is 0 Å². The summed E-state index contributed by atoms with van der Waals surface area (Å²) in [7, 11) is 1.46. The number of anilines is 2. The number of aromatic amines is 1. The number of fused-ring (bicyclic) bond motifs is 2. The number of halogens is 3. The maximum Gasteiger partial charge on any atom is 0.231 e. The number of H-pyrrole nitrogens is 1. The zero-order chi connectivity index (χ0) is 22.7. The second kappa shape index (κ2) is 7.27. The summed E-state index contributed by atoms with van der Waals surface area (Å²) in [6, 6.07) is 5.07. The quantitative estimate of drug-likeness (QED) is 0.484. The van der Waals surface area contributed by atoms with Gasteiger partial charge in [0.05, 0.1) is 28.2 Å². The van der Waals surface area contributed by atoms with E-state index in [-0.39, 0.29) is 28.9 Å². The number of hydrogen-bond acceptors (Lipinski definition) is 4. The molecule has 1 aliphatic carbocycles.